The molecule has 0 amide bonds. The molecule has 32 heavy (non-hydrogen) atoms. The summed E-state index contributed by atoms with van der Waals surface area (Å²) < 4.78 is 16.2. The molecule has 1 N–H and O–H groups in total. The molecule has 164 valence electrons. The summed E-state index contributed by atoms with van der Waals surface area (Å²) in [7, 11) is 0. The molecule has 0 atom stereocenters. The van der Waals surface area contributed by atoms with Gasteiger partial charge in [-0.2, -0.15) is 5.10 Å². The second kappa shape index (κ2) is 8.29. The molecule has 7 nitrogen and oxygen atoms in total. The smallest absolute Gasteiger partial charge is 0.264 e. The Morgan fingerprint density at radius 2 is 1.75 bits per heavy atom. The van der Waals surface area contributed by atoms with Crippen LogP contribution >= 0.6 is 0 Å². The zero-order chi connectivity index (χ0) is 22.1. The molecule has 0 spiro atoms. The Hall–Kier alpha value is -3.36. The minimum absolute atomic E-state index is 0.190. The van der Waals surface area contributed by atoms with Crippen molar-refractivity contribution in [1.82, 2.24) is 24.2 Å². The zero-order valence-electron chi connectivity index (χ0n) is 17.6. The highest BCUT2D eigenvalue weighted by Crippen LogP contribution is 2.25. The Morgan fingerprint density at radius 3 is 2.47 bits per heavy atom. The van der Waals surface area contributed by atoms with Crippen LogP contribution in [0.2, 0.25) is 0 Å². The van der Waals surface area contributed by atoms with E-state index in [4.69, 9.17) is 0 Å². The zero-order valence-corrected chi connectivity index (χ0v) is 17.6. The fraction of sp³-hybridized carbons (Fsp3) is 0.292. The Labute approximate surface area is 184 Å². The van der Waals surface area contributed by atoms with Gasteiger partial charge in [-0.15, -0.1) is 0 Å². The van der Waals surface area contributed by atoms with Gasteiger partial charge in [0.2, 0.25) is 0 Å². The Morgan fingerprint density at radius 1 is 1.03 bits per heavy atom. The summed E-state index contributed by atoms with van der Waals surface area (Å²) in [6.07, 6.45) is 4.09. The van der Waals surface area contributed by atoms with Crippen molar-refractivity contribution >= 4 is 11.0 Å². The first-order chi connectivity index (χ1) is 15.5. The number of hydrogen-bond donors (Lipinski definition) is 1. The normalized spacial score (nSPS) is 16.4. The maximum Gasteiger partial charge on any atom is 0.264 e. The summed E-state index contributed by atoms with van der Waals surface area (Å²) in [4.78, 5) is 19.8. The maximum atomic E-state index is 13.2. The summed E-state index contributed by atoms with van der Waals surface area (Å²) in [6, 6.07) is 16.1. The molecule has 2 aromatic carbocycles. The van der Waals surface area contributed by atoms with E-state index in [1.807, 2.05) is 18.2 Å². The predicted molar refractivity (Wildman–Crippen MR) is 119 cm³/mol. The van der Waals surface area contributed by atoms with Crippen LogP contribution in [0, 0.1) is 5.82 Å². The highest BCUT2D eigenvalue weighted by atomic mass is 19.1. The highest BCUT2D eigenvalue weighted by molar-refractivity contribution is 5.74. The fourth-order valence-electron chi connectivity index (χ4n) is 4.28. The van der Waals surface area contributed by atoms with Gasteiger partial charge in [0.1, 0.15) is 17.5 Å². The second-order valence-corrected chi connectivity index (χ2v) is 8.43. The van der Waals surface area contributed by atoms with Crippen LogP contribution in [-0.2, 0) is 13.1 Å². The number of halogens is 1. The summed E-state index contributed by atoms with van der Waals surface area (Å²) >= 11 is 0. The number of rotatable bonds is 5. The molecule has 2 aromatic heterocycles. The van der Waals surface area contributed by atoms with Crippen molar-refractivity contribution in [3.8, 4) is 5.69 Å². The van der Waals surface area contributed by atoms with Gasteiger partial charge in [0.15, 0.2) is 5.65 Å². The number of hydrogen-bond acceptors (Lipinski definition) is 5. The molecule has 1 fully saturated rings. The van der Waals surface area contributed by atoms with Gasteiger partial charge in [0.05, 0.1) is 24.0 Å². The van der Waals surface area contributed by atoms with Crippen molar-refractivity contribution in [1.29, 1.82) is 0 Å². The molecule has 0 aliphatic carbocycles. The van der Waals surface area contributed by atoms with Gasteiger partial charge in [-0.1, -0.05) is 30.3 Å². The second-order valence-electron chi connectivity index (χ2n) is 8.43. The quantitative estimate of drug-likeness (QED) is 0.524. The van der Waals surface area contributed by atoms with Crippen LogP contribution in [0.15, 0.2) is 71.9 Å². The van der Waals surface area contributed by atoms with Crippen molar-refractivity contribution < 1.29 is 9.50 Å². The summed E-state index contributed by atoms with van der Waals surface area (Å²) in [5, 5.41) is 15.8. The van der Waals surface area contributed by atoms with Crippen LogP contribution in [0.1, 0.15) is 18.4 Å². The van der Waals surface area contributed by atoms with Crippen LogP contribution in [-0.4, -0.2) is 48.0 Å². The lowest BCUT2D eigenvalue weighted by Crippen LogP contribution is -2.47. The average Bonchev–Trinajstić information content (AvgIpc) is 3.24. The van der Waals surface area contributed by atoms with Gasteiger partial charge >= 0.3 is 0 Å². The molecular formula is C24H24FN5O2. The predicted octanol–water partition coefficient (Wildman–Crippen LogP) is 2.75. The molecule has 0 unspecified atom stereocenters. The molecule has 0 bridgehead atoms. The van der Waals surface area contributed by atoms with Crippen LogP contribution < -0.4 is 5.56 Å². The third kappa shape index (κ3) is 4.06. The van der Waals surface area contributed by atoms with E-state index >= 15 is 0 Å². The fourth-order valence-corrected chi connectivity index (χ4v) is 4.28. The molecule has 1 aliphatic heterocycles. The van der Waals surface area contributed by atoms with E-state index in [0.29, 0.717) is 29.6 Å². The number of nitrogens with zero attached hydrogens (tertiary/aromatic N) is 5. The van der Waals surface area contributed by atoms with Gasteiger partial charge in [0.25, 0.3) is 5.56 Å². The minimum Gasteiger partial charge on any atom is -0.388 e. The van der Waals surface area contributed by atoms with E-state index in [2.05, 4.69) is 27.1 Å². The number of aliphatic hydroxyl groups is 1. The monoisotopic (exact) mass is 433 g/mol. The molecule has 0 radical (unpaired) electrons. The van der Waals surface area contributed by atoms with Gasteiger partial charge in [0, 0.05) is 19.6 Å². The number of aromatic nitrogens is 4. The van der Waals surface area contributed by atoms with E-state index in [0.717, 1.165) is 19.6 Å². The van der Waals surface area contributed by atoms with E-state index in [-0.39, 0.29) is 17.9 Å². The Kier molecular flexibility index (Phi) is 5.32. The summed E-state index contributed by atoms with van der Waals surface area (Å²) in [5.74, 6) is -0.344. The number of fused-ring (bicyclic) bond motifs is 1. The molecular weight excluding hydrogens is 409 g/mol. The number of piperidine rings is 1. The van der Waals surface area contributed by atoms with E-state index in [1.165, 1.54) is 39.5 Å². The first-order valence-electron chi connectivity index (χ1n) is 10.7. The van der Waals surface area contributed by atoms with Gasteiger partial charge in [-0.25, -0.2) is 14.1 Å². The van der Waals surface area contributed by atoms with Gasteiger partial charge in [-0.3, -0.25) is 14.3 Å². The first-order valence-corrected chi connectivity index (χ1v) is 10.7. The van der Waals surface area contributed by atoms with Crippen molar-refractivity contribution in [3.63, 3.8) is 0 Å². The summed E-state index contributed by atoms with van der Waals surface area (Å²) in [6.45, 7) is 2.57. The highest BCUT2D eigenvalue weighted by Gasteiger charge is 2.33. The van der Waals surface area contributed by atoms with E-state index in [1.54, 1.807) is 12.1 Å². The SMILES string of the molecule is O=c1c2cnn(-c3ccc(F)cc3)c2ncn1CC1(O)CCN(Cc2ccccc2)CC1. The lowest BCUT2D eigenvalue weighted by atomic mass is 9.91. The Balaban J connectivity index is 1.32. The van der Waals surface area contributed by atoms with Crippen LogP contribution in [0.5, 0.6) is 0 Å². The molecule has 3 heterocycles. The largest absolute Gasteiger partial charge is 0.388 e. The topological polar surface area (TPSA) is 76.2 Å². The van der Waals surface area contributed by atoms with Gasteiger partial charge in [-0.05, 0) is 42.7 Å². The Bertz CT molecular complexity index is 1280. The lowest BCUT2D eigenvalue weighted by molar-refractivity contribution is -0.0364. The molecule has 4 aromatic rings. The molecule has 1 saturated heterocycles. The standard InChI is InChI=1S/C24H24FN5O2/c25-19-6-8-20(9-7-19)30-22-21(14-27-30)23(31)29(17-26-22)16-24(32)10-12-28(13-11-24)15-18-4-2-1-3-5-18/h1-9,14,17,32H,10-13,15-16H2. The van der Waals surface area contributed by atoms with Crippen molar-refractivity contribution in [2.45, 2.75) is 31.5 Å². The van der Waals surface area contributed by atoms with Crippen LogP contribution in [0.3, 0.4) is 0 Å². The third-order valence-electron chi connectivity index (χ3n) is 6.13. The molecule has 5 rings (SSSR count). The lowest BCUT2D eigenvalue weighted by Gasteiger charge is -2.38. The number of likely N-dealkylation sites (tertiary alicyclic amines) is 1. The van der Waals surface area contributed by atoms with E-state index in [9.17, 15) is 14.3 Å². The molecule has 1 aliphatic rings. The maximum absolute atomic E-state index is 13.2. The first kappa shape index (κ1) is 20.5. The van der Waals surface area contributed by atoms with Crippen LogP contribution in [0.4, 0.5) is 4.39 Å². The van der Waals surface area contributed by atoms with Crippen molar-refractivity contribution in [3.05, 3.63) is 88.9 Å². The third-order valence-corrected chi connectivity index (χ3v) is 6.13. The molecule has 8 heteroatoms. The minimum atomic E-state index is -0.959. The molecule has 0 saturated carbocycles. The number of benzene rings is 2. The van der Waals surface area contributed by atoms with Crippen LogP contribution in [0.25, 0.3) is 16.7 Å². The average molecular weight is 433 g/mol. The van der Waals surface area contributed by atoms with Crippen molar-refractivity contribution in [2.24, 2.45) is 0 Å². The summed E-state index contributed by atoms with van der Waals surface area (Å²) in [5.41, 5.74) is 1.07. The van der Waals surface area contributed by atoms with Gasteiger partial charge < -0.3 is 5.11 Å². The van der Waals surface area contributed by atoms with Crippen molar-refractivity contribution in [2.75, 3.05) is 13.1 Å². The van der Waals surface area contributed by atoms with E-state index < -0.39 is 5.60 Å².